The van der Waals surface area contributed by atoms with Gasteiger partial charge in [-0.3, -0.25) is 0 Å². The van der Waals surface area contributed by atoms with E-state index in [-0.39, 0.29) is 12.6 Å². The van der Waals surface area contributed by atoms with Crippen LogP contribution < -0.4 is 5.73 Å². The Labute approximate surface area is 70.2 Å². The largest absolute Gasteiger partial charge is 0.396 e. The van der Waals surface area contributed by atoms with Crippen LogP contribution in [0.25, 0.3) is 0 Å². The summed E-state index contributed by atoms with van der Waals surface area (Å²) < 4.78 is 0. The topological polar surface area (TPSA) is 62.0 Å². The zero-order chi connectivity index (χ0) is 8.27. The number of aliphatic hydroxyl groups is 1. The van der Waals surface area contributed by atoms with Crippen LogP contribution in [0.4, 0.5) is 0 Å². The molecule has 1 rings (SSSR count). The predicted octanol–water partition coefficient (Wildman–Crippen LogP) is 1.05. The average Bonchev–Trinajstić information content (AvgIpc) is 2.36. The molecular formula is C7H11ClN2O. The highest BCUT2D eigenvalue weighted by atomic mass is 35.5. The molecule has 0 aromatic carbocycles. The van der Waals surface area contributed by atoms with Crippen molar-refractivity contribution in [2.45, 2.75) is 12.5 Å². The van der Waals surface area contributed by atoms with Crippen LogP contribution in [0.2, 0.25) is 5.15 Å². The quantitative estimate of drug-likeness (QED) is 0.642. The van der Waals surface area contributed by atoms with Gasteiger partial charge in [-0.1, -0.05) is 11.6 Å². The molecule has 1 atom stereocenters. The number of nitrogens with one attached hydrogen (secondary N) is 1. The zero-order valence-electron chi connectivity index (χ0n) is 6.05. The summed E-state index contributed by atoms with van der Waals surface area (Å²) in [5, 5.41) is 9.16. The molecule has 11 heavy (non-hydrogen) atoms. The van der Waals surface area contributed by atoms with E-state index in [0.29, 0.717) is 11.6 Å². The molecule has 0 saturated heterocycles. The van der Waals surface area contributed by atoms with Crippen LogP contribution in [0.15, 0.2) is 12.3 Å². The molecule has 4 heteroatoms. The third-order valence-electron chi connectivity index (χ3n) is 1.54. The van der Waals surface area contributed by atoms with Crippen LogP contribution in [-0.4, -0.2) is 16.7 Å². The summed E-state index contributed by atoms with van der Waals surface area (Å²) in [6.45, 7) is 0.101. The molecule has 0 unspecified atom stereocenters. The van der Waals surface area contributed by atoms with E-state index in [4.69, 9.17) is 22.4 Å². The first-order chi connectivity index (χ1) is 5.24. The Hall–Kier alpha value is -0.510. The van der Waals surface area contributed by atoms with E-state index in [2.05, 4.69) is 4.98 Å². The molecule has 62 valence electrons. The normalized spacial score (nSPS) is 13.4. The number of halogens is 1. The fraction of sp³-hybridized carbons (Fsp3) is 0.429. The molecule has 0 saturated carbocycles. The molecule has 0 aliphatic heterocycles. The van der Waals surface area contributed by atoms with Gasteiger partial charge in [0.05, 0.1) is 0 Å². The van der Waals surface area contributed by atoms with Crippen LogP contribution in [0, 0.1) is 0 Å². The smallest absolute Gasteiger partial charge is 0.106 e. The van der Waals surface area contributed by atoms with Crippen LogP contribution in [0.5, 0.6) is 0 Å². The Balaban J connectivity index is 2.60. The van der Waals surface area contributed by atoms with Crippen molar-refractivity contribution in [1.82, 2.24) is 4.98 Å². The third kappa shape index (κ3) is 2.22. The van der Waals surface area contributed by atoms with Crippen molar-refractivity contribution >= 4 is 11.6 Å². The van der Waals surface area contributed by atoms with Crippen molar-refractivity contribution in [3.63, 3.8) is 0 Å². The second-order valence-electron chi connectivity index (χ2n) is 2.40. The second-order valence-corrected chi connectivity index (χ2v) is 2.81. The molecule has 0 amide bonds. The molecule has 1 heterocycles. The van der Waals surface area contributed by atoms with E-state index in [1.807, 2.05) is 0 Å². The summed E-state index contributed by atoms with van der Waals surface area (Å²) in [5.74, 6) is 0. The molecule has 0 aliphatic carbocycles. The lowest BCUT2D eigenvalue weighted by molar-refractivity contribution is 0.276. The number of H-pyrrole nitrogens is 1. The summed E-state index contributed by atoms with van der Waals surface area (Å²) in [7, 11) is 0. The minimum atomic E-state index is -0.122. The van der Waals surface area contributed by atoms with E-state index >= 15 is 0 Å². The highest BCUT2D eigenvalue weighted by Crippen LogP contribution is 2.16. The molecule has 0 aliphatic rings. The fourth-order valence-electron chi connectivity index (χ4n) is 0.902. The highest BCUT2D eigenvalue weighted by molar-refractivity contribution is 6.29. The summed E-state index contributed by atoms with van der Waals surface area (Å²) in [5.41, 5.74) is 6.61. The van der Waals surface area contributed by atoms with E-state index in [1.54, 1.807) is 12.3 Å². The van der Waals surface area contributed by atoms with Crippen molar-refractivity contribution in [1.29, 1.82) is 0 Å². The lowest BCUT2D eigenvalue weighted by atomic mass is 10.1. The van der Waals surface area contributed by atoms with Crippen LogP contribution >= 0.6 is 11.6 Å². The number of hydrogen-bond acceptors (Lipinski definition) is 2. The summed E-state index contributed by atoms with van der Waals surface area (Å²) in [6, 6.07) is 1.64. The third-order valence-corrected chi connectivity index (χ3v) is 1.76. The van der Waals surface area contributed by atoms with Gasteiger partial charge in [0.2, 0.25) is 0 Å². The number of rotatable bonds is 3. The second kappa shape index (κ2) is 3.76. The first-order valence-corrected chi connectivity index (χ1v) is 3.82. The molecular weight excluding hydrogens is 164 g/mol. The van der Waals surface area contributed by atoms with Gasteiger partial charge in [-0.2, -0.15) is 0 Å². The van der Waals surface area contributed by atoms with Crippen molar-refractivity contribution in [3.05, 3.63) is 23.0 Å². The Morgan fingerprint density at radius 2 is 2.45 bits per heavy atom. The lowest BCUT2D eigenvalue weighted by Crippen LogP contribution is -2.10. The van der Waals surface area contributed by atoms with Gasteiger partial charge >= 0.3 is 0 Å². The maximum atomic E-state index is 8.58. The monoisotopic (exact) mass is 174 g/mol. The molecule has 0 fully saturated rings. The minimum absolute atomic E-state index is 0.101. The van der Waals surface area contributed by atoms with Crippen molar-refractivity contribution < 1.29 is 5.11 Å². The molecule has 1 aromatic heterocycles. The highest BCUT2D eigenvalue weighted by Gasteiger charge is 2.05. The Morgan fingerprint density at radius 1 is 1.73 bits per heavy atom. The molecule has 0 bridgehead atoms. The molecule has 0 radical (unpaired) electrons. The maximum absolute atomic E-state index is 8.58. The van der Waals surface area contributed by atoms with Gasteiger partial charge in [-0.25, -0.2) is 0 Å². The van der Waals surface area contributed by atoms with Crippen molar-refractivity contribution in [3.8, 4) is 0 Å². The van der Waals surface area contributed by atoms with Gasteiger partial charge in [0.15, 0.2) is 0 Å². The van der Waals surface area contributed by atoms with Gasteiger partial charge in [0, 0.05) is 18.8 Å². The Kier molecular flexibility index (Phi) is 2.93. The van der Waals surface area contributed by atoms with Crippen molar-refractivity contribution in [2.75, 3.05) is 6.61 Å². The lowest BCUT2D eigenvalue weighted by Gasteiger charge is -2.05. The van der Waals surface area contributed by atoms with E-state index in [1.165, 1.54) is 0 Å². The summed E-state index contributed by atoms with van der Waals surface area (Å²) >= 11 is 5.63. The van der Waals surface area contributed by atoms with Crippen LogP contribution in [0.3, 0.4) is 0 Å². The first kappa shape index (κ1) is 8.59. The Bertz CT molecular complexity index is 224. The number of aromatic amines is 1. The van der Waals surface area contributed by atoms with E-state index in [9.17, 15) is 0 Å². The van der Waals surface area contributed by atoms with Gasteiger partial charge < -0.3 is 15.8 Å². The number of hydrogen-bond donors (Lipinski definition) is 3. The van der Waals surface area contributed by atoms with Gasteiger partial charge in [-0.05, 0) is 18.1 Å². The average molecular weight is 175 g/mol. The number of nitrogens with two attached hydrogens (primary N) is 1. The fourth-order valence-corrected chi connectivity index (χ4v) is 1.08. The first-order valence-electron chi connectivity index (χ1n) is 3.44. The molecule has 1 aromatic rings. The van der Waals surface area contributed by atoms with Crippen LogP contribution in [-0.2, 0) is 0 Å². The Morgan fingerprint density at radius 3 is 2.91 bits per heavy atom. The SMILES string of the molecule is N[C@H](CCO)c1c[nH]c(Cl)c1. The van der Waals surface area contributed by atoms with Crippen molar-refractivity contribution in [2.24, 2.45) is 5.73 Å². The maximum Gasteiger partial charge on any atom is 0.106 e. The van der Waals surface area contributed by atoms with E-state index in [0.717, 1.165) is 5.56 Å². The summed E-state index contributed by atoms with van der Waals surface area (Å²) in [4.78, 5) is 2.81. The van der Waals surface area contributed by atoms with Gasteiger partial charge in [0.1, 0.15) is 5.15 Å². The van der Waals surface area contributed by atoms with Gasteiger partial charge in [0.25, 0.3) is 0 Å². The standard InChI is InChI=1S/C7H11ClN2O/c8-7-3-5(4-10-7)6(9)1-2-11/h3-4,6,10-11H,1-2,9H2/t6-/m1/s1. The van der Waals surface area contributed by atoms with Gasteiger partial charge in [-0.15, -0.1) is 0 Å². The van der Waals surface area contributed by atoms with Crippen LogP contribution in [0.1, 0.15) is 18.0 Å². The number of aromatic nitrogens is 1. The minimum Gasteiger partial charge on any atom is -0.396 e. The zero-order valence-corrected chi connectivity index (χ0v) is 6.80. The number of aliphatic hydroxyl groups excluding tert-OH is 1. The molecule has 4 N–H and O–H groups in total. The predicted molar refractivity (Wildman–Crippen MR) is 44.4 cm³/mol. The van der Waals surface area contributed by atoms with E-state index < -0.39 is 0 Å². The molecule has 3 nitrogen and oxygen atoms in total. The molecule has 0 spiro atoms. The summed E-state index contributed by atoms with van der Waals surface area (Å²) in [6.07, 6.45) is 2.32.